The highest BCUT2D eigenvalue weighted by atomic mass is 16.3. The average molecular weight is 304 g/mol. The maximum absolute atomic E-state index is 12.6. The summed E-state index contributed by atoms with van der Waals surface area (Å²) in [6, 6.07) is 0. The van der Waals surface area contributed by atoms with E-state index in [1.807, 2.05) is 0 Å². The van der Waals surface area contributed by atoms with Crippen LogP contribution in [0.1, 0.15) is 64.7 Å². The minimum absolute atomic E-state index is 0.197. The zero-order valence-corrected chi connectivity index (χ0v) is 13.6. The molecule has 7 atom stereocenters. The van der Waals surface area contributed by atoms with E-state index in [2.05, 4.69) is 6.92 Å². The quantitative estimate of drug-likeness (QED) is 0.809. The number of ketones is 2. The van der Waals surface area contributed by atoms with Crippen molar-refractivity contribution >= 4 is 11.6 Å². The van der Waals surface area contributed by atoms with Gasteiger partial charge in [-0.15, -0.1) is 0 Å². The second-order valence-electron chi connectivity index (χ2n) is 8.38. The fraction of sp³-hybridized carbons (Fsp3) is 0.895. The minimum Gasteiger partial charge on any atom is -0.392 e. The zero-order valence-electron chi connectivity index (χ0n) is 13.6. The van der Waals surface area contributed by atoms with Crippen molar-refractivity contribution in [2.45, 2.75) is 70.8 Å². The lowest BCUT2D eigenvalue weighted by atomic mass is 9.49. The summed E-state index contributed by atoms with van der Waals surface area (Å²) in [5.41, 5.74) is -0.224. The van der Waals surface area contributed by atoms with Gasteiger partial charge in [-0.25, -0.2) is 0 Å². The molecule has 0 radical (unpaired) electrons. The van der Waals surface area contributed by atoms with Gasteiger partial charge >= 0.3 is 0 Å². The van der Waals surface area contributed by atoms with Gasteiger partial charge in [0.15, 0.2) is 0 Å². The van der Waals surface area contributed by atoms with Gasteiger partial charge in [0.05, 0.1) is 6.10 Å². The Bertz CT molecular complexity index is 499. The van der Waals surface area contributed by atoms with Crippen molar-refractivity contribution in [1.29, 1.82) is 0 Å². The predicted molar refractivity (Wildman–Crippen MR) is 83.1 cm³/mol. The molecule has 4 saturated carbocycles. The molecule has 0 spiro atoms. The van der Waals surface area contributed by atoms with Crippen LogP contribution in [0, 0.1) is 35.0 Å². The minimum atomic E-state index is -0.415. The van der Waals surface area contributed by atoms with E-state index in [9.17, 15) is 14.7 Å². The summed E-state index contributed by atoms with van der Waals surface area (Å²) in [4.78, 5) is 24.3. The van der Waals surface area contributed by atoms with Crippen molar-refractivity contribution in [3.63, 3.8) is 0 Å². The van der Waals surface area contributed by atoms with E-state index in [-0.39, 0.29) is 11.3 Å². The number of hydrogen-bond acceptors (Lipinski definition) is 3. The van der Waals surface area contributed by atoms with Crippen molar-refractivity contribution in [2.24, 2.45) is 35.0 Å². The van der Waals surface area contributed by atoms with Gasteiger partial charge < -0.3 is 5.11 Å². The smallest absolute Gasteiger partial charge is 0.141 e. The van der Waals surface area contributed by atoms with E-state index in [4.69, 9.17) is 0 Å². The summed E-state index contributed by atoms with van der Waals surface area (Å²) in [6.07, 6.45) is 7.84. The van der Waals surface area contributed by atoms with Crippen LogP contribution in [0.3, 0.4) is 0 Å². The molecule has 1 N–H and O–H groups in total. The molecule has 0 aliphatic heterocycles. The highest BCUT2D eigenvalue weighted by molar-refractivity contribution is 5.88. The Labute approximate surface area is 132 Å². The Morgan fingerprint density at radius 1 is 1.05 bits per heavy atom. The maximum atomic E-state index is 12.6. The van der Waals surface area contributed by atoms with Gasteiger partial charge in [-0.2, -0.15) is 0 Å². The first-order chi connectivity index (χ1) is 10.6. The lowest BCUT2D eigenvalue weighted by Gasteiger charge is -2.55. The van der Waals surface area contributed by atoms with Crippen LogP contribution in [-0.4, -0.2) is 22.8 Å². The molecule has 0 aromatic rings. The van der Waals surface area contributed by atoms with E-state index in [0.717, 1.165) is 51.4 Å². The molecule has 4 aliphatic carbocycles. The summed E-state index contributed by atoms with van der Waals surface area (Å²) in [5, 5.41) is 10.6. The van der Waals surface area contributed by atoms with Crippen molar-refractivity contribution in [3.05, 3.63) is 0 Å². The monoisotopic (exact) mass is 304 g/mol. The lowest BCUT2D eigenvalue weighted by Crippen LogP contribution is -2.51. The van der Waals surface area contributed by atoms with Crippen LogP contribution >= 0.6 is 0 Å². The molecule has 4 fully saturated rings. The first-order valence-electron chi connectivity index (χ1n) is 9.30. The predicted octanol–water partition coefficient (Wildman–Crippen LogP) is 3.14. The normalized spacial score (nSPS) is 51.2. The molecule has 122 valence electrons. The number of fused-ring (bicyclic) bond motifs is 5. The number of rotatable bonds is 1. The van der Waals surface area contributed by atoms with Crippen LogP contribution in [0.5, 0.6) is 0 Å². The van der Waals surface area contributed by atoms with Gasteiger partial charge in [0.1, 0.15) is 11.6 Å². The summed E-state index contributed by atoms with van der Waals surface area (Å²) in [6.45, 7) is 2.13. The highest BCUT2D eigenvalue weighted by Gasteiger charge is 2.61. The number of hydrogen-bond donors (Lipinski definition) is 1. The van der Waals surface area contributed by atoms with Crippen molar-refractivity contribution in [2.75, 3.05) is 0 Å². The summed E-state index contributed by atoms with van der Waals surface area (Å²) in [7, 11) is 0. The fourth-order valence-electron chi connectivity index (χ4n) is 6.91. The van der Waals surface area contributed by atoms with Crippen LogP contribution in [-0.2, 0) is 9.59 Å². The largest absolute Gasteiger partial charge is 0.392 e. The fourth-order valence-corrected chi connectivity index (χ4v) is 6.91. The highest BCUT2D eigenvalue weighted by Crippen LogP contribution is 2.62. The molecule has 4 rings (SSSR count). The Kier molecular flexibility index (Phi) is 3.48. The molecule has 0 bridgehead atoms. The Morgan fingerprint density at radius 3 is 2.64 bits per heavy atom. The Hall–Kier alpha value is -0.700. The molecular formula is C19H28O3. The zero-order chi connectivity index (χ0) is 15.5. The Balaban J connectivity index is 1.63. The average Bonchev–Trinajstić information content (AvgIpc) is 2.78. The second kappa shape index (κ2) is 5.15. The van der Waals surface area contributed by atoms with E-state index < -0.39 is 6.10 Å². The first kappa shape index (κ1) is 14.9. The van der Waals surface area contributed by atoms with Crippen LogP contribution in [0.25, 0.3) is 0 Å². The molecule has 22 heavy (non-hydrogen) atoms. The summed E-state index contributed by atoms with van der Waals surface area (Å²) >= 11 is 0. The van der Waals surface area contributed by atoms with Gasteiger partial charge in [0.2, 0.25) is 0 Å². The number of aliphatic hydroxyl groups excluding tert-OH is 1. The van der Waals surface area contributed by atoms with E-state index >= 15 is 0 Å². The molecule has 3 nitrogen and oxygen atoms in total. The molecule has 0 amide bonds. The summed E-state index contributed by atoms with van der Waals surface area (Å²) < 4.78 is 0. The third kappa shape index (κ3) is 1.90. The standard InChI is InChI=1S/C19H28O3/c1-2-19-8-7-14-13-6-4-12(20)9-11(13)3-5-15(14)18(19)16(21)10-17(19)22/h11,13-16,18,21H,2-10H2,1H3/t11?,13-,14+,15+,16-,18+,19+/m0/s1. The van der Waals surface area contributed by atoms with E-state index in [1.165, 1.54) is 0 Å². The number of carbonyl (C=O) groups is 2. The van der Waals surface area contributed by atoms with Gasteiger partial charge in [-0.1, -0.05) is 6.92 Å². The molecule has 0 aromatic heterocycles. The van der Waals surface area contributed by atoms with Crippen LogP contribution < -0.4 is 0 Å². The topological polar surface area (TPSA) is 54.4 Å². The number of Topliss-reactive ketones (excluding diaryl/α,β-unsaturated/α-hetero) is 2. The first-order valence-corrected chi connectivity index (χ1v) is 9.30. The van der Waals surface area contributed by atoms with E-state index in [0.29, 0.717) is 41.7 Å². The lowest BCUT2D eigenvalue weighted by molar-refractivity contribution is -0.139. The SMILES string of the molecule is CC[C@]12CC[C@H]3[C@@H](CCC4CC(=O)CC[C@@H]43)[C@@H]1[C@@H](O)CC2=O. The second-order valence-corrected chi connectivity index (χ2v) is 8.38. The summed E-state index contributed by atoms with van der Waals surface area (Å²) in [5.74, 6) is 3.41. The molecule has 0 saturated heterocycles. The van der Waals surface area contributed by atoms with Crippen LogP contribution in [0.4, 0.5) is 0 Å². The molecule has 3 heteroatoms. The van der Waals surface area contributed by atoms with Crippen LogP contribution in [0.2, 0.25) is 0 Å². The van der Waals surface area contributed by atoms with E-state index in [1.54, 1.807) is 0 Å². The van der Waals surface area contributed by atoms with Crippen molar-refractivity contribution in [3.8, 4) is 0 Å². The van der Waals surface area contributed by atoms with Gasteiger partial charge in [-0.05, 0) is 62.2 Å². The molecule has 1 unspecified atom stereocenters. The molecule has 0 heterocycles. The number of carbonyl (C=O) groups excluding carboxylic acids is 2. The van der Waals surface area contributed by atoms with Gasteiger partial charge in [0, 0.05) is 30.6 Å². The van der Waals surface area contributed by atoms with Crippen molar-refractivity contribution < 1.29 is 14.7 Å². The van der Waals surface area contributed by atoms with Gasteiger partial charge in [-0.3, -0.25) is 9.59 Å². The Morgan fingerprint density at radius 2 is 1.86 bits per heavy atom. The maximum Gasteiger partial charge on any atom is 0.141 e. The van der Waals surface area contributed by atoms with Crippen molar-refractivity contribution in [1.82, 2.24) is 0 Å². The van der Waals surface area contributed by atoms with Gasteiger partial charge in [0.25, 0.3) is 0 Å². The molecule has 4 aliphatic rings. The third-order valence-corrected chi connectivity index (χ3v) is 7.84. The third-order valence-electron chi connectivity index (χ3n) is 7.84. The number of aliphatic hydroxyl groups is 1. The molecule has 0 aromatic carbocycles. The van der Waals surface area contributed by atoms with Crippen LogP contribution in [0.15, 0.2) is 0 Å². The molecular weight excluding hydrogens is 276 g/mol.